The van der Waals surface area contributed by atoms with E-state index >= 15 is 0 Å². The lowest BCUT2D eigenvalue weighted by Gasteiger charge is -2.32. The molecule has 0 amide bonds. The second-order valence-corrected chi connectivity index (χ2v) is 5.64. The van der Waals surface area contributed by atoms with E-state index in [-0.39, 0.29) is 18.3 Å². The van der Waals surface area contributed by atoms with Gasteiger partial charge in [-0.2, -0.15) is 5.26 Å². The molecule has 3 nitrogen and oxygen atoms in total. The number of hydrogen-bond donors (Lipinski definition) is 0. The molecule has 1 saturated heterocycles. The summed E-state index contributed by atoms with van der Waals surface area (Å²) in [5.41, 5.74) is 0.566. The zero-order valence-corrected chi connectivity index (χ0v) is 12.1. The van der Waals surface area contributed by atoms with Gasteiger partial charge in [-0.15, -0.1) is 0 Å². The first kappa shape index (κ1) is 13.4. The van der Waals surface area contributed by atoms with Crippen LogP contribution in [0.1, 0.15) is 32.3 Å². The van der Waals surface area contributed by atoms with Crippen molar-refractivity contribution in [2.24, 2.45) is 0 Å². The summed E-state index contributed by atoms with van der Waals surface area (Å²) in [5, 5.41) is 9.10. The number of nitriles is 1. The zero-order valence-electron chi connectivity index (χ0n) is 10.5. The van der Waals surface area contributed by atoms with Gasteiger partial charge in [-0.1, -0.05) is 15.9 Å². The van der Waals surface area contributed by atoms with Crippen LogP contribution in [0.25, 0.3) is 0 Å². The molecule has 2 unspecified atom stereocenters. The highest BCUT2D eigenvalue weighted by atomic mass is 79.9. The van der Waals surface area contributed by atoms with Gasteiger partial charge in [0.25, 0.3) is 0 Å². The van der Waals surface area contributed by atoms with Crippen molar-refractivity contribution >= 4 is 15.9 Å². The number of nitrogens with zero attached hydrogens (tertiary/aromatic N) is 1. The third kappa shape index (κ3) is 3.24. The molecule has 4 heteroatoms. The molecule has 2 rings (SSSR count). The molecule has 0 aromatic heterocycles. The molecule has 1 aliphatic rings. The Balaban J connectivity index is 2.12. The number of rotatable bonds is 2. The molecule has 1 fully saturated rings. The molecule has 0 saturated carbocycles. The number of benzene rings is 1. The summed E-state index contributed by atoms with van der Waals surface area (Å²) in [6, 6.07) is 7.67. The molecule has 0 radical (unpaired) electrons. The van der Waals surface area contributed by atoms with E-state index in [4.69, 9.17) is 14.7 Å². The fraction of sp³-hybridized carbons (Fsp3) is 0.500. The first-order chi connectivity index (χ1) is 8.58. The topological polar surface area (TPSA) is 42.2 Å². The zero-order chi connectivity index (χ0) is 13.1. The minimum atomic E-state index is 0.122. The summed E-state index contributed by atoms with van der Waals surface area (Å²) in [4.78, 5) is 0. The fourth-order valence-electron chi connectivity index (χ4n) is 2.31. The first-order valence-corrected chi connectivity index (χ1v) is 6.89. The number of halogens is 1. The standard InChI is InChI=1S/C14H16BrNO2/c1-9-5-13(6-10(2)17-9)18-14-4-3-12(15)7-11(14)8-16/h3-4,7,9-10,13H,5-6H2,1-2H3. The summed E-state index contributed by atoms with van der Waals surface area (Å²) in [6.07, 6.45) is 2.27. The van der Waals surface area contributed by atoms with E-state index in [0.29, 0.717) is 11.3 Å². The third-order valence-corrected chi connectivity index (χ3v) is 3.50. The average Bonchev–Trinajstić information content (AvgIpc) is 2.30. The Hall–Kier alpha value is -1.05. The Morgan fingerprint density at radius 1 is 1.33 bits per heavy atom. The molecule has 0 aliphatic carbocycles. The van der Waals surface area contributed by atoms with Gasteiger partial charge < -0.3 is 9.47 Å². The van der Waals surface area contributed by atoms with Gasteiger partial charge in [-0.05, 0) is 32.0 Å². The van der Waals surface area contributed by atoms with Crippen LogP contribution in [0.4, 0.5) is 0 Å². The molecule has 18 heavy (non-hydrogen) atoms. The Morgan fingerprint density at radius 2 is 2.00 bits per heavy atom. The second-order valence-electron chi connectivity index (χ2n) is 4.72. The van der Waals surface area contributed by atoms with Crippen LogP contribution in [0.2, 0.25) is 0 Å². The van der Waals surface area contributed by atoms with Crippen molar-refractivity contribution < 1.29 is 9.47 Å². The van der Waals surface area contributed by atoms with Crippen molar-refractivity contribution in [3.8, 4) is 11.8 Å². The molecule has 0 spiro atoms. The Bertz CT molecular complexity index is 459. The van der Waals surface area contributed by atoms with Gasteiger partial charge >= 0.3 is 0 Å². The highest BCUT2D eigenvalue weighted by molar-refractivity contribution is 9.10. The van der Waals surface area contributed by atoms with Crippen LogP contribution >= 0.6 is 15.9 Å². The van der Waals surface area contributed by atoms with Crippen molar-refractivity contribution in [2.75, 3.05) is 0 Å². The lowest BCUT2D eigenvalue weighted by atomic mass is 10.0. The lowest BCUT2D eigenvalue weighted by molar-refractivity contribution is -0.0721. The maximum Gasteiger partial charge on any atom is 0.137 e. The molecule has 0 bridgehead atoms. The minimum absolute atomic E-state index is 0.122. The maximum absolute atomic E-state index is 9.10. The van der Waals surface area contributed by atoms with Crippen molar-refractivity contribution in [1.82, 2.24) is 0 Å². The van der Waals surface area contributed by atoms with Crippen LogP contribution < -0.4 is 4.74 Å². The van der Waals surface area contributed by atoms with E-state index in [1.54, 1.807) is 6.07 Å². The van der Waals surface area contributed by atoms with Gasteiger partial charge in [0.2, 0.25) is 0 Å². The van der Waals surface area contributed by atoms with E-state index in [1.165, 1.54) is 0 Å². The van der Waals surface area contributed by atoms with Crippen LogP contribution in [-0.4, -0.2) is 18.3 Å². The summed E-state index contributed by atoms with van der Waals surface area (Å²) >= 11 is 3.35. The predicted molar refractivity (Wildman–Crippen MR) is 72.5 cm³/mol. The van der Waals surface area contributed by atoms with Crippen LogP contribution in [0.3, 0.4) is 0 Å². The quantitative estimate of drug-likeness (QED) is 0.837. The average molecular weight is 310 g/mol. The summed E-state index contributed by atoms with van der Waals surface area (Å²) in [7, 11) is 0. The second kappa shape index (κ2) is 5.73. The van der Waals surface area contributed by atoms with Crippen molar-refractivity contribution in [1.29, 1.82) is 5.26 Å². The fourth-order valence-corrected chi connectivity index (χ4v) is 2.67. The smallest absolute Gasteiger partial charge is 0.137 e. The molecule has 1 heterocycles. The van der Waals surface area contributed by atoms with Gasteiger partial charge in [-0.3, -0.25) is 0 Å². The van der Waals surface area contributed by atoms with Gasteiger partial charge in [-0.25, -0.2) is 0 Å². The van der Waals surface area contributed by atoms with Gasteiger partial charge in [0.05, 0.1) is 17.8 Å². The normalized spacial score (nSPS) is 27.6. The van der Waals surface area contributed by atoms with Gasteiger partial charge in [0.15, 0.2) is 0 Å². The molecule has 1 aromatic carbocycles. The monoisotopic (exact) mass is 309 g/mol. The maximum atomic E-state index is 9.10. The summed E-state index contributed by atoms with van der Waals surface area (Å²) < 4.78 is 12.5. The molecular weight excluding hydrogens is 294 g/mol. The summed E-state index contributed by atoms with van der Waals surface area (Å²) in [5.74, 6) is 0.659. The largest absolute Gasteiger partial charge is 0.489 e. The highest BCUT2D eigenvalue weighted by Gasteiger charge is 2.26. The van der Waals surface area contributed by atoms with Crippen molar-refractivity contribution in [3.05, 3.63) is 28.2 Å². The Labute approximate surface area is 116 Å². The Kier molecular flexibility index (Phi) is 4.26. The van der Waals surface area contributed by atoms with E-state index in [9.17, 15) is 0 Å². The number of hydrogen-bond acceptors (Lipinski definition) is 3. The molecule has 0 N–H and O–H groups in total. The van der Waals surface area contributed by atoms with Crippen molar-refractivity contribution in [3.63, 3.8) is 0 Å². The first-order valence-electron chi connectivity index (χ1n) is 6.10. The van der Waals surface area contributed by atoms with Crippen LogP contribution in [-0.2, 0) is 4.74 Å². The van der Waals surface area contributed by atoms with Gasteiger partial charge in [0, 0.05) is 17.3 Å². The molecule has 2 atom stereocenters. The molecule has 1 aliphatic heterocycles. The third-order valence-electron chi connectivity index (χ3n) is 3.01. The predicted octanol–water partition coefficient (Wildman–Crippen LogP) is 3.66. The highest BCUT2D eigenvalue weighted by Crippen LogP contribution is 2.28. The van der Waals surface area contributed by atoms with E-state index in [2.05, 4.69) is 35.8 Å². The van der Waals surface area contributed by atoms with Crippen LogP contribution in [0, 0.1) is 11.3 Å². The Morgan fingerprint density at radius 3 is 2.61 bits per heavy atom. The molecular formula is C14H16BrNO2. The van der Waals surface area contributed by atoms with E-state index < -0.39 is 0 Å². The van der Waals surface area contributed by atoms with E-state index in [0.717, 1.165) is 17.3 Å². The summed E-state index contributed by atoms with van der Waals surface area (Å²) in [6.45, 7) is 4.11. The molecule has 96 valence electrons. The minimum Gasteiger partial charge on any atom is -0.489 e. The van der Waals surface area contributed by atoms with Gasteiger partial charge in [0.1, 0.15) is 17.9 Å². The van der Waals surface area contributed by atoms with Crippen LogP contribution in [0.15, 0.2) is 22.7 Å². The lowest BCUT2D eigenvalue weighted by Crippen LogP contribution is -2.35. The number of ether oxygens (including phenoxy) is 2. The van der Waals surface area contributed by atoms with Crippen LogP contribution in [0.5, 0.6) is 5.75 Å². The molecule has 1 aromatic rings. The SMILES string of the molecule is CC1CC(Oc2ccc(Br)cc2C#N)CC(C)O1. The van der Waals surface area contributed by atoms with E-state index in [1.807, 2.05) is 12.1 Å². The van der Waals surface area contributed by atoms with Crippen molar-refractivity contribution in [2.45, 2.75) is 45.0 Å².